The summed E-state index contributed by atoms with van der Waals surface area (Å²) in [4.78, 5) is 0. The fourth-order valence-corrected chi connectivity index (χ4v) is 5.66. The number of para-hydroxylation sites is 1. The molecule has 1 aliphatic carbocycles. The average molecular weight is 499 g/mol. The zero-order chi connectivity index (χ0) is 25.5. The molecule has 0 amide bonds. The highest BCUT2D eigenvalue weighted by atomic mass is 16.5. The van der Waals surface area contributed by atoms with Crippen LogP contribution in [0.5, 0.6) is 5.75 Å². The van der Waals surface area contributed by atoms with E-state index in [9.17, 15) is 5.11 Å². The van der Waals surface area contributed by atoms with E-state index in [4.69, 9.17) is 4.74 Å². The minimum atomic E-state index is 0.290. The maximum absolute atomic E-state index is 11.4. The summed E-state index contributed by atoms with van der Waals surface area (Å²) in [5.74, 6) is 1.88. The molecule has 4 heteroatoms. The van der Waals surface area contributed by atoms with Crippen LogP contribution in [0.2, 0.25) is 0 Å². The Morgan fingerprint density at radius 3 is 2.54 bits per heavy atom. The molecule has 0 aromatic heterocycles. The van der Waals surface area contributed by atoms with Gasteiger partial charge in [0.05, 0.1) is 12.2 Å². The van der Waals surface area contributed by atoms with Crippen LogP contribution in [0.25, 0.3) is 16.9 Å². The number of phenolic OH excluding ortho intramolecular Hbond substituents is 1. The second-order valence-corrected chi connectivity index (χ2v) is 10.7. The Morgan fingerprint density at radius 1 is 1.03 bits per heavy atom. The van der Waals surface area contributed by atoms with Crippen molar-refractivity contribution >= 4 is 11.4 Å². The first kappa shape index (κ1) is 25.7. The normalized spacial score (nSPS) is 21.4. The predicted octanol–water partition coefficient (Wildman–Crippen LogP) is 8.18. The molecule has 5 rings (SSSR count). The van der Waals surface area contributed by atoms with Crippen LogP contribution in [0.3, 0.4) is 0 Å². The fraction of sp³-hybridized carbons (Fsp3) is 0.455. The molecule has 2 aliphatic heterocycles. The lowest BCUT2D eigenvalue weighted by Gasteiger charge is -2.23. The Labute approximate surface area is 222 Å². The first-order valence-electron chi connectivity index (χ1n) is 14.4. The van der Waals surface area contributed by atoms with Crippen LogP contribution in [-0.4, -0.2) is 24.8 Å². The zero-order valence-corrected chi connectivity index (χ0v) is 22.3. The van der Waals surface area contributed by atoms with Gasteiger partial charge in [-0.25, -0.2) is 0 Å². The highest BCUT2D eigenvalue weighted by molar-refractivity contribution is 5.80. The van der Waals surface area contributed by atoms with Crippen molar-refractivity contribution < 1.29 is 9.84 Å². The predicted molar refractivity (Wildman–Crippen MR) is 154 cm³/mol. The van der Waals surface area contributed by atoms with Crippen LogP contribution in [0.15, 0.2) is 71.5 Å². The van der Waals surface area contributed by atoms with Crippen LogP contribution >= 0.6 is 0 Å². The first-order chi connectivity index (χ1) is 18.2. The van der Waals surface area contributed by atoms with Gasteiger partial charge in [0.1, 0.15) is 11.5 Å². The Hall–Kier alpha value is -2.98. The van der Waals surface area contributed by atoms with E-state index in [1.807, 2.05) is 18.2 Å². The zero-order valence-electron chi connectivity index (χ0n) is 22.3. The van der Waals surface area contributed by atoms with Crippen molar-refractivity contribution in [3.63, 3.8) is 0 Å². The number of piperidine rings is 1. The van der Waals surface area contributed by atoms with Gasteiger partial charge in [-0.1, -0.05) is 42.8 Å². The monoisotopic (exact) mass is 498 g/mol. The van der Waals surface area contributed by atoms with E-state index in [2.05, 4.69) is 54.0 Å². The number of benzene rings is 2. The van der Waals surface area contributed by atoms with Crippen molar-refractivity contribution in [2.24, 2.45) is 5.92 Å². The first-order valence-corrected chi connectivity index (χ1v) is 14.4. The lowest BCUT2D eigenvalue weighted by Crippen LogP contribution is -2.27. The summed E-state index contributed by atoms with van der Waals surface area (Å²) in [5, 5.41) is 18.5. The van der Waals surface area contributed by atoms with Gasteiger partial charge in [0.25, 0.3) is 0 Å². The highest BCUT2D eigenvalue weighted by Gasteiger charge is 2.18. The third kappa shape index (κ3) is 6.48. The molecule has 0 atom stereocenters. The van der Waals surface area contributed by atoms with Gasteiger partial charge in [-0.05, 0) is 119 Å². The van der Waals surface area contributed by atoms with Crippen LogP contribution in [0, 0.1) is 5.92 Å². The van der Waals surface area contributed by atoms with E-state index in [-0.39, 0.29) is 0 Å². The molecule has 2 aromatic rings. The van der Waals surface area contributed by atoms with Gasteiger partial charge < -0.3 is 20.5 Å². The van der Waals surface area contributed by atoms with E-state index >= 15 is 0 Å². The minimum Gasteiger partial charge on any atom is -0.507 e. The van der Waals surface area contributed by atoms with Crippen LogP contribution in [0.1, 0.15) is 76.7 Å². The van der Waals surface area contributed by atoms with Gasteiger partial charge in [-0.15, -0.1) is 0 Å². The summed E-state index contributed by atoms with van der Waals surface area (Å²) in [5.41, 5.74) is 7.98. The van der Waals surface area contributed by atoms with E-state index < -0.39 is 0 Å². The molecule has 3 N–H and O–H groups in total. The largest absolute Gasteiger partial charge is 0.507 e. The van der Waals surface area contributed by atoms with Gasteiger partial charge in [0.2, 0.25) is 0 Å². The molecule has 0 unspecified atom stereocenters. The number of rotatable bonds is 8. The molecule has 0 bridgehead atoms. The molecule has 2 aromatic carbocycles. The average Bonchev–Trinajstić information content (AvgIpc) is 2.88. The number of phenols is 1. The van der Waals surface area contributed by atoms with Crippen LogP contribution < -0.4 is 10.6 Å². The van der Waals surface area contributed by atoms with Crippen molar-refractivity contribution in [2.45, 2.75) is 71.1 Å². The Kier molecular flexibility index (Phi) is 8.68. The molecule has 37 heavy (non-hydrogen) atoms. The number of hydrogen-bond acceptors (Lipinski definition) is 4. The molecule has 2 heterocycles. The van der Waals surface area contributed by atoms with Crippen LogP contribution in [-0.2, 0) is 4.74 Å². The van der Waals surface area contributed by atoms with Crippen LogP contribution in [0.4, 0.5) is 5.69 Å². The quantitative estimate of drug-likeness (QED) is 0.343. The standard InChI is InChI=1S/C33H42N2O2/c1-2-31(27-8-5-9-27)35-28-16-14-26(15-17-28)29-10-6-11-30(33(29)36)32-23-25(7-3-4-22-37-32)13-12-24-18-20-34-21-19-24/h6-7,10-11,14-17,23-24,34-36H,2-5,8-9,12-13,18-22H2,1H3/b25-7+,32-23-. The SMILES string of the molecule is CCC(Nc1ccc(-c2cccc(/C3=C/C(CCC4CCNCC4)=C/CCCO3)c2O)cc1)=C1CCC1. The summed E-state index contributed by atoms with van der Waals surface area (Å²) in [6.07, 6.45) is 16.2. The van der Waals surface area contributed by atoms with Gasteiger partial charge in [-0.2, -0.15) is 0 Å². The number of nitrogens with one attached hydrogen (secondary N) is 2. The molecule has 0 spiro atoms. The number of aromatic hydroxyl groups is 1. The summed E-state index contributed by atoms with van der Waals surface area (Å²) in [7, 11) is 0. The second kappa shape index (κ2) is 12.5. The number of anilines is 1. The lowest BCUT2D eigenvalue weighted by atomic mass is 9.89. The summed E-state index contributed by atoms with van der Waals surface area (Å²) in [6, 6.07) is 14.4. The fourth-order valence-electron chi connectivity index (χ4n) is 5.66. The second-order valence-electron chi connectivity index (χ2n) is 10.7. The van der Waals surface area contributed by atoms with Crippen molar-refractivity contribution in [2.75, 3.05) is 25.0 Å². The lowest BCUT2D eigenvalue weighted by molar-refractivity contribution is 0.269. The van der Waals surface area contributed by atoms with E-state index in [0.717, 1.165) is 72.8 Å². The minimum absolute atomic E-state index is 0.290. The maximum Gasteiger partial charge on any atom is 0.134 e. The number of hydrogen-bond donors (Lipinski definition) is 3. The topological polar surface area (TPSA) is 53.5 Å². The highest BCUT2D eigenvalue weighted by Crippen LogP contribution is 2.38. The molecule has 4 nitrogen and oxygen atoms in total. The van der Waals surface area contributed by atoms with Crippen molar-refractivity contribution in [1.29, 1.82) is 0 Å². The molecule has 2 fully saturated rings. The third-order valence-electron chi connectivity index (χ3n) is 8.16. The maximum atomic E-state index is 11.4. The van der Waals surface area contributed by atoms with E-state index in [1.54, 1.807) is 5.57 Å². The Balaban J connectivity index is 1.34. The number of ether oxygens (including phenoxy) is 1. The van der Waals surface area contributed by atoms with E-state index in [0.29, 0.717) is 12.4 Å². The Bertz CT molecular complexity index is 1150. The smallest absolute Gasteiger partial charge is 0.134 e. The van der Waals surface area contributed by atoms with Gasteiger partial charge in [-0.3, -0.25) is 0 Å². The van der Waals surface area contributed by atoms with E-state index in [1.165, 1.54) is 49.8 Å². The third-order valence-corrected chi connectivity index (χ3v) is 8.16. The van der Waals surface area contributed by atoms with Gasteiger partial charge in [0, 0.05) is 16.9 Å². The summed E-state index contributed by atoms with van der Waals surface area (Å²) >= 11 is 0. The molecular weight excluding hydrogens is 456 g/mol. The molecule has 196 valence electrons. The molecular formula is C33H42N2O2. The van der Waals surface area contributed by atoms with Crippen molar-refractivity contribution in [1.82, 2.24) is 5.32 Å². The molecule has 0 radical (unpaired) electrons. The molecule has 3 aliphatic rings. The molecule has 1 saturated heterocycles. The molecule has 1 saturated carbocycles. The van der Waals surface area contributed by atoms with Crippen molar-refractivity contribution in [3.05, 3.63) is 77.0 Å². The Morgan fingerprint density at radius 2 is 1.81 bits per heavy atom. The number of allylic oxidation sites excluding steroid dienone is 5. The van der Waals surface area contributed by atoms with Gasteiger partial charge >= 0.3 is 0 Å². The summed E-state index contributed by atoms with van der Waals surface area (Å²) in [6.45, 7) is 5.17. The summed E-state index contributed by atoms with van der Waals surface area (Å²) < 4.78 is 6.21. The van der Waals surface area contributed by atoms with Gasteiger partial charge in [0.15, 0.2) is 0 Å². The van der Waals surface area contributed by atoms with Crippen molar-refractivity contribution in [3.8, 4) is 16.9 Å².